The van der Waals surface area contributed by atoms with Crippen LogP contribution in [0.5, 0.6) is 0 Å². The average molecular weight is 357 g/mol. The van der Waals surface area contributed by atoms with Gasteiger partial charge in [0.25, 0.3) is 0 Å². The first-order valence-electron chi connectivity index (χ1n) is 9.55. The lowest BCUT2D eigenvalue weighted by atomic mass is 10.1. The molecule has 1 atom stereocenters. The quantitative estimate of drug-likeness (QED) is 0.117. The van der Waals surface area contributed by atoms with Crippen LogP contribution in [0.25, 0.3) is 0 Å². The van der Waals surface area contributed by atoms with Gasteiger partial charge in [0.05, 0.1) is 0 Å². The van der Waals surface area contributed by atoms with Crippen molar-refractivity contribution < 1.29 is 14.3 Å². The third kappa shape index (κ3) is 15.6. The van der Waals surface area contributed by atoms with Crippen molar-refractivity contribution >= 4 is 17.9 Å². The van der Waals surface area contributed by atoms with Gasteiger partial charge in [0.15, 0.2) is 5.96 Å². The van der Waals surface area contributed by atoms with Crippen molar-refractivity contribution in [2.75, 3.05) is 6.54 Å². The maximum atomic E-state index is 11.7. The van der Waals surface area contributed by atoms with E-state index < -0.39 is 18.0 Å². The number of nitrogens with two attached hydrogens (primary N) is 2. The molecule has 0 rings (SSSR count). The summed E-state index contributed by atoms with van der Waals surface area (Å²) in [6.45, 7) is 2.67. The van der Waals surface area contributed by atoms with Gasteiger partial charge in [0.1, 0.15) is 6.04 Å². The van der Waals surface area contributed by atoms with E-state index in [4.69, 9.17) is 21.6 Å². The van der Waals surface area contributed by atoms with Crippen molar-refractivity contribution in [3.05, 3.63) is 0 Å². The number of carbonyl (C=O) groups excluding carboxylic acids is 2. The minimum absolute atomic E-state index is 0.118. The highest BCUT2D eigenvalue weighted by molar-refractivity contribution is 5.88. The lowest BCUT2D eigenvalue weighted by Gasteiger charge is -2.10. The van der Waals surface area contributed by atoms with Gasteiger partial charge < -0.3 is 21.5 Å². The first kappa shape index (κ1) is 23.4. The minimum atomic E-state index is -0.819. The first-order valence-corrected chi connectivity index (χ1v) is 9.55. The zero-order chi connectivity index (χ0) is 18.9. The van der Waals surface area contributed by atoms with Crippen LogP contribution in [0.3, 0.4) is 0 Å². The summed E-state index contributed by atoms with van der Waals surface area (Å²) < 4.78 is 4.77. The van der Waals surface area contributed by atoms with Gasteiger partial charge in [0.2, 0.25) is 0 Å². The highest BCUT2D eigenvalue weighted by Gasteiger charge is 2.18. The average Bonchev–Trinajstić information content (AvgIpc) is 2.56. The molecule has 6 N–H and O–H groups in total. The summed E-state index contributed by atoms with van der Waals surface area (Å²) in [6.07, 6.45) is 11.7. The van der Waals surface area contributed by atoms with Crippen LogP contribution in [0.2, 0.25) is 0 Å². The molecule has 0 saturated heterocycles. The summed E-state index contributed by atoms with van der Waals surface area (Å²) >= 11 is 0. The Kier molecular flexibility index (Phi) is 14.8. The van der Waals surface area contributed by atoms with Crippen molar-refractivity contribution in [3.8, 4) is 0 Å². The lowest BCUT2D eigenvalue weighted by Crippen LogP contribution is -2.36. The van der Waals surface area contributed by atoms with E-state index in [1.165, 1.54) is 38.5 Å². The Hall–Kier alpha value is -1.63. The van der Waals surface area contributed by atoms with E-state index in [1.807, 2.05) is 0 Å². The molecular weight excluding hydrogens is 320 g/mol. The molecule has 0 fully saturated rings. The number of nitrogens with one attached hydrogen (secondary N) is 2. The smallest absolute Gasteiger partial charge is 0.330 e. The number of guanidine groups is 1. The summed E-state index contributed by atoms with van der Waals surface area (Å²) in [5.74, 6) is -1.29. The standard InChI is InChI=1S/C18H36N4O3/c1-2-3-4-5-6-7-8-9-10-13-16(23)25-17(24)15(19)12-11-14-22-18(20)21/h15H,2-14,19H2,1H3,(H4,20,21,22)/t15-/m0/s1. The third-order valence-electron chi connectivity index (χ3n) is 4.01. The molecular formula is C18H36N4O3. The van der Waals surface area contributed by atoms with Gasteiger partial charge in [-0.1, -0.05) is 58.3 Å². The van der Waals surface area contributed by atoms with Gasteiger partial charge in [-0.2, -0.15) is 0 Å². The van der Waals surface area contributed by atoms with Crippen molar-refractivity contribution in [1.29, 1.82) is 5.41 Å². The van der Waals surface area contributed by atoms with Crippen LogP contribution in [0, 0.1) is 5.41 Å². The van der Waals surface area contributed by atoms with Crippen LogP contribution in [-0.2, 0) is 14.3 Å². The Bertz CT molecular complexity index is 389. The number of unbranched alkanes of at least 4 members (excludes halogenated alkanes) is 8. The molecule has 7 heteroatoms. The van der Waals surface area contributed by atoms with Gasteiger partial charge in [-0.05, 0) is 19.3 Å². The molecule has 0 aromatic heterocycles. The normalized spacial score (nSPS) is 11.8. The maximum absolute atomic E-state index is 11.7. The highest BCUT2D eigenvalue weighted by atomic mass is 16.6. The molecule has 0 aliphatic heterocycles. The Balaban J connectivity index is 3.57. The van der Waals surface area contributed by atoms with Crippen molar-refractivity contribution in [1.82, 2.24) is 5.32 Å². The SMILES string of the molecule is CCCCCCCCCCCC(=O)OC(=O)[C@@H](N)CCCNC(=N)N. The lowest BCUT2D eigenvalue weighted by molar-refractivity contribution is -0.160. The molecule has 0 aliphatic carbocycles. The van der Waals surface area contributed by atoms with Crippen LogP contribution in [0.4, 0.5) is 0 Å². The van der Waals surface area contributed by atoms with Crippen molar-refractivity contribution in [2.24, 2.45) is 11.5 Å². The fraction of sp³-hybridized carbons (Fsp3) is 0.833. The van der Waals surface area contributed by atoms with Gasteiger partial charge in [-0.25, -0.2) is 4.79 Å². The summed E-state index contributed by atoms with van der Waals surface area (Å²) in [4.78, 5) is 23.3. The van der Waals surface area contributed by atoms with E-state index in [2.05, 4.69) is 12.2 Å². The number of carbonyl (C=O) groups is 2. The van der Waals surface area contributed by atoms with E-state index in [9.17, 15) is 9.59 Å². The molecule has 146 valence electrons. The molecule has 0 spiro atoms. The number of hydrogen-bond acceptors (Lipinski definition) is 5. The second kappa shape index (κ2) is 15.9. The fourth-order valence-corrected chi connectivity index (χ4v) is 2.48. The predicted octanol–water partition coefficient (Wildman–Crippen LogP) is 2.57. The molecule has 0 aliphatic rings. The Labute approximate surface area is 151 Å². The number of rotatable bonds is 15. The van der Waals surface area contributed by atoms with Crippen LogP contribution in [-0.4, -0.2) is 30.5 Å². The molecule has 0 unspecified atom stereocenters. The molecule has 0 heterocycles. The Morgan fingerprint density at radius 2 is 1.56 bits per heavy atom. The second-order valence-corrected chi connectivity index (χ2v) is 6.46. The first-order chi connectivity index (χ1) is 12.0. The molecule has 7 nitrogen and oxygen atoms in total. The van der Waals surface area contributed by atoms with Gasteiger partial charge >= 0.3 is 11.9 Å². The monoisotopic (exact) mass is 356 g/mol. The predicted molar refractivity (Wildman–Crippen MR) is 100 cm³/mol. The zero-order valence-electron chi connectivity index (χ0n) is 15.6. The summed E-state index contributed by atoms with van der Waals surface area (Å²) in [6, 6.07) is -0.819. The molecule has 0 aromatic rings. The van der Waals surface area contributed by atoms with E-state index in [-0.39, 0.29) is 12.4 Å². The molecule has 0 saturated carbocycles. The van der Waals surface area contributed by atoms with Crippen molar-refractivity contribution in [2.45, 2.75) is 90.0 Å². The van der Waals surface area contributed by atoms with E-state index >= 15 is 0 Å². The van der Waals surface area contributed by atoms with Crippen LogP contribution in [0.15, 0.2) is 0 Å². The van der Waals surface area contributed by atoms with E-state index in [1.54, 1.807) is 0 Å². The summed E-state index contributed by atoms with van der Waals surface area (Å²) in [5.41, 5.74) is 10.8. The molecule has 0 bridgehead atoms. The molecule has 25 heavy (non-hydrogen) atoms. The van der Waals surface area contributed by atoms with Gasteiger partial charge in [0, 0.05) is 13.0 Å². The molecule has 0 radical (unpaired) electrons. The largest absolute Gasteiger partial charge is 0.392 e. The van der Waals surface area contributed by atoms with Gasteiger partial charge in [-0.15, -0.1) is 0 Å². The van der Waals surface area contributed by atoms with E-state index in [0.717, 1.165) is 19.3 Å². The summed E-state index contributed by atoms with van der Waals surface area (Å²) in [7, 11) is 0. The third-order valence-corrected chi connectivity index (χ3v) is 4.01. The van der Waals surface area contributed by atoms with Crippen LogP contribution in [0.1, 0.15) is 84.0 Å². The number of hydrogen-bond donors (Lipinski definition) is 4. The Morgan fingerprint density at radius 1 is 1.00 bits per heavy atom. The highest BCUT2D eigenvalue weighted by Crippen LogP contribution is 2.11. The van der Waals surface area contributed by atoms with Crippen LogP contribution < -0.4 is 16.8 Å². The summed E-state index contributed by atoms with van der Waals surface area (Å²) in [5, 5.41) is 9.63. The van der Waals surface area contributed by atoms with Crippen LogP contribution >= 0.6 is 0 Å². The number of ether oxygens (including phenoxy) is 1. The fourth-order valence-electron chi connectivity index (χ4n) is 2.48. The maximum Gasteiger partial charge on any atom is 0.330 e. The molecule has 0 aromatic carbocycles. The van der Waals surface area contributed by atoms with Crippen molar-refractivity contribution in [3.63, 3.8) is 0 Å². The topological polar surface area (TPSA) is 131 Å². The van der Waals surface area contributed by atoms with E-state index in [0.29, 0.717) is 19.4 Å². The Morgan fingerprint density at radius 3 is 2.12 bits per heavy atom. The molecule has 0 amide bonds. The van der Waals surface area contributed by atoms with Gasteiger partial charge in [-0.3, -0.25) is 10.2 Å². The second-order valence-electron chi connectivity index (χ2n) is 6.46. The zero-order valence-corrected chi connectivity index (χ0v) is 15.6. The minimum Gasteiger partial charge on any atom is -0.392 e. The number of esters is 2.